The molecule has 0 nitrogen and oxygen atoms in total. The average molecular weight is 601 g/mol. The van der Waals surface area contributed by atoms with Crippen molar-refractivity contribution in [3.05, 3.63) is 202 Å². The molecule has 0 heterocycles. The van der Waals surface area contributed by atoms with Crippen LogP contribution >= 0.6 is 0 Å². The summed E-state index contributed by atoms with van der Waals surface area (Å²) in [5, 5.41) is 2.80. The zero-order valence-corrected chi connectivity index (χ0v) is 27.2. The smallest absolute Gasteiger partial charge is 0.00882 e. The number of fused-ring (bicyclic) bond motifs is 4. The number of hydrogen-bond acceptors (Lipinski definition) is 0. The Balaban J connectivity index is 0.000000118. The fraction of sp³-hybridized carbons (Fsp3) is 0.217. The van der Waals surface area contributed by atoms with Crippen LogP contribution in [0.4, 0.5) is 0 Å². The van der Waals surface area contributed by atoms with E-state index in [0.29, 0.717) is 0 Å². The van der Waals surface area contributed by atoms with E-state index in [1.807, 2.05) is 0 Å². The maximum Gasteiger partial charge on any atom is -0.00882 e. The molecule has 0 fully saturated rings. The lowest BCUT2D eigenvalue weighted by Crippen LogP contribution is -2.21. The van der Waals surface area contributed by atoms with E-state index >= 15 is 0 Å². The number of benzene rings is 1. The summed E-state index contributed by atoms with van der Waals surface area (Å²) in [5.41, 5.74) is 8.78. The van der Waals surface area contributed by atoms with Gasteiger partial charge in [-0.25, -0.2) is 0 Å². The molecule has 0 heteroatoms. The molecule has 0 bridgehead atoms. The largest absolute Gasteiger partial charge is 0.0844 e. The van der Waals surface area contributed by atoms with Gasteiger partial charge in [-0.3, -0.25) is 0 Å². The topological polar surface area (TPSA) is 0 Å². The van der Waals surface area contributed by atoms with E-state index < -0.39 is 0 Å². The summed E-state index contributed by atoms with van der Waals surface area (Å²) >= 11 is 0. The number of allylic oxidation sites excluding steroid dienone is 28. The molecule has 232 valence electrons. The third-order valence-corrected chi connectivity index (χ3v) is 8.53. The Bertz CT molecular complexity index is 1610. The Morgan fingerprint density at radius 2 is 0.739 bits per heavy atom. The SMILES string of the molecule is C1=CCC2=CC=CCC2=C1.C1=CCC2=CCC=CC2=C1.C1=CCC=CC1.C1=CCC=CC1.C1=CCc2cc3c(cc2=C1)CC=CC=3. The minimum Gasteiger partial charge on any atom is -0.0844 e. The van der Waals surface area contributed by atoms with Crippen LogP contribution in [-0.4, -0.2) is 0 Å². The first-order valence-electron chi connectivity index (χ1n) is 17.1. The van der Waals surface area contributed by atoms with Gasteiger partial charge in [0.15, 0.2) is 0 Å². The first-order valence-corrected chi connectivity index (χ1v) is 17.1. The molecule has 0 radical (unpaired) electrons. The predicted molar refractivity (Wildman–Crippen MR) is 203 cm³/mol. The van der Waals surface area contributed by atoms with E-state index in [9.17, 15) is 0 Å². The third-order valence-electron chi connectivity index (χ3n) is 8.53. The second-order valence-corrected chi connectivity index (χ2v) is 11.9. The first-order chi connectivity index (χ1) is 22.9. The normalized spacial score (nSPS) is 19.3. The molecule has 1 aromatic carbocycles. The lowest BCUT2D eigenvalue weighted by atomic mass is 9.92. The molecular weight excluding hydrogens is 553 g/mol. The molecule has 1 aromatic rings. The van der Waals surface area contributed by atoms with Gasteiger partial charge in [-0.2, -0.15) is 0 Å². The second kappa shape index (κ2) is 19.0. The van der Waals surface area contributed by atoms with Crippen molar-refractivity contribution < 1.29 is 0 Å². The fourth-order valence-corrected chi connectivity index (χ4v) is 5.94. The summed E-state index contributed by atoms with van der Waals surface area (Å²) in [6.45, 7) is 0. The van der Waals surface area contributed by atoms with Gasteiger partial charge in [-0.15, -0.1) is 0 Å². The summed E-state index contributed by atoms with van der Waals surface area (Å²) in [6, 6.07) is 4.66. The number of rotatable bonds is 0. The third kappa shape index (κ3) is 10.7. The van der Waals surface area contributed by atoms with E-state index in [1.165, 1.54) is 43.9 Å². The van der Waals surface area contributed by atoms with E-state index in [0.717, 1.165) is 64.2 Å². The van der Waals surface area contributed by atoms with Crippen molar-refractivity contribution in [2.24, 2.45) is 0 Å². The highest BCUT2D eigenvalue weighted by molar-refractivity contribution is 5.51. The Morgan fingerprint density at radius 3 is 1.20 bits per heavy atom. The van der Waals surface area contributed by atoms with Crippen LogP contribution in [-0.2, 0) is 12.8 Å². The molecule has 9 rings (SSSR count). The van der Waals surface area contributed by atoms with Crippen LogP contribution in [0.15, 0.2) is 180 Å². The van der Waals surface area contributed by atoms with Gasteiger partial charge in [0.1, 0.15) is 0 Å². The Kier molecular flexibility index (Phi) is 13.5. The van der Waals surface area contributed by atoms with E-state index in [2.05, 4.69) is 170 Å². The van der Waals surface area contributed by atoms with Crippen molar-refractivity contribution in [1.82, 2.24) is 0 Å². The molecular formula is C46H48. The highest BCUT2D eigenvalue weighted by Gasteiger charge is 2.07. The number of hydrogen-bond donors (Lipinski definition) is 0. The predicted octanol–water partition coefficient (Wildman–Crippen LogP) is 10.8. The highest BCUT2D eigenvalue weighted by atomic mass is 14.1. The van der Waals surface area contributed by atoms with Gasteiger partial charge >= 0.3 is 0 Å². The molecule has 0 amide bonds. The molecule has 0 unspecified atom stereocenters. The lowest BCUT2D eigenvalue weighted by molar-refractivity contribution is 1.10. The molecule has 0 spiro atoms. The van der Waals surface area contributed by atoms with E-state index in [1.54, 1.807) is 0 Å². The van der Waals surface area contributed by atoms with Crippen molar-refractivity contribution in [3.63, 3.8) is 0 Å². The zero-order chi connectivity index (χ0) is 31.5. The van der Waals surface area contributed by atoms with Crippen LogP contribution in [0, 0.1) is 0 Å². The van der Waals surface area contributed by atoms with Gasteiger partial charge in [-0.1, -0.05) is 170 Å². The zero-order valence-electron chi connectivity index (χ0n) is 27.2. The summed E-state index contributed by atoms with van der Waals surface area (Å²) in [7, 11) is 0. The summed E-state index contributed by atoms with van der Waals surface area (Å²) in [5.74, 6) is 0. The van der Waals surface area contributed by atoms with Gasteiger partial charge in [-0.05, 0) is 108 Å². The standard InChI is InChI=1S/C14H12.2C10H10.2C6H8/c1-2-6-12-10-14-8-4-3-7-13(14)9-11(12)5-1;2*1-2-6-10-8-4-3-7-9(10)5-1;2*1-2-4-6-5-3-1/h1-5,8-10H,6-7H2;1-3,5,7-8H,4,6H2;1-5,8H,6-7H2;2*1-2,5-6H,3-4H2. The van der Waals surface area contributed by atoms with Gasteiger partial charge in [0.2, 0.25) is 0 Å². The van der Waals surface area contributed by atoms with Gasteiger partial charge in [0.05, 0.1) is 0 Å². The van der Waals surface area contributed by atoms with Crippen LogP contribution in [0.25, 0.3) is 12.2 Å². The van der Waals surface area contributed by atoms with Crippen LogP contribution in [0.3, 0.4) is 0 Å². The average Bonchev–Trinajstić information content (AvgIpc) is 3.16. The van der Waals surface area contributed by atoms with Crippen molar-refractivity contribution in [1.29, 1.82) is 0 Å². The van der Waals surface area contributed by atoms with Gasteiger partial charge in [0, 0.05) is 0 Å². The van der Waals surface area contributed by atoms with Crippen molar-refractivity contribution >= 4 is 12.2 Å². The fourth-order valence-electron chi connectivity index (χ4n) is 5.94. The van der Waals surface area contributed by atoms with Crippen LogP contribution in [0.1, 0.15) is 62.5 Å². The van der Waals surface area contributed by atoms with Crippen molar-refractivity contribution in [2.45, 2.75) is 64.2 Å². The van der Waals surface area contributed by atoms with Crippen molar-refractivity contribution in [2.75, 3.05) is 0 Å². The molecule has 46 heavy (non-hydrogen) atoms. The lowest BCUT2D eigenvalue weighted by Gasteiger charge is -2.13. The summed E-state index contributed by atoms with van der Waals surface area (Å²) in [6.07, 6.45) is 68.1. The Labute approximate surface area is 277 Å². The molecule has 8 aliphatic carbocycles. The molecule has 0 saturated carbocycles. The monoisotopic (exact) mass is 600 g/mol. The Hall–Kier alpha value is -4.68. The molecule has 0 aliphatic heterocycles. The summed E-state index contributed by atoms with van der Waals surface area (Å²) in [4.78, 5) is 0. The maximum atomic E-state index is 2.33. The molecule has 0 atom stereocenters. The summed E-state index contributed by atoms with van der Waals surface area (Å²) < 4.78 is 0. The highest BCUT2D eigenvalue weighted by Crippen LogP contribution is 2.26. The quantitative estimate of drug-likeness (QED) is 0.260. The molecule has 8 aliphatic rings. The Morgan fingerprint density at radius 1 is 0.326 bits per heavy atom. The molecule has 0 saturated heterocycles. The minimum atomic E-state index is 1.08. The van der Waals surface area contributed by atoms with Crippen molar-refractivity contribution in [3.8, 4) is 0 Å². The van der Waals surface area contributed by atoms with Gasteiger partial charge < -0.3 is 0 Å². The molecule has 0 N–H and O–H groups in total. The maximum absolute atomic E-state index is 2.33. The van der Waals surface area contributed by atoms with Crippen LogP contribution in [0.2, 0.25) is 0 Å². The van der Waals surface area contributed by atoms with E-state index in [-0.39, 0.29) is 0 Å². The first kappa shape index (κ1) is 32.7. The minimum absolute atomic E-state index is 1.08. The van der Waals surface area contributed by atoms with Crippen LogP contribution < -0.4 is 10.4 Å². The van der Waals surface area contributed by atoms with Crippen LogP contribution in [0.5, 0.6) is 0 Å². The van der Waals surface area contributed by atoms with E-state index in [4.69, 9.17) is 0 Å². The molecule has 0 aromatic heterocycles. The van der Waals surface area contributed by atoms with Gasteiger partial charge in [0.25, 0.3) is 0 Å². The second-order valence-electron chi connectivity index (χ2n) is 11.9.